The largest absolute Gasteiger partial charge is 0.385 e. The minimum atomic E-state index is 0.0803. The molecule has 0 saturated heterocycles. The molecule has 0 spiro atoms. The lowest BCUT2D eigenvalue weighted by molar-refractivity contribution is -0.120. The Hall–Kier alpha value is -0.260. The lowest BCUT2D eigenvalue weighted by atomic mass is 9.84. The molecule has 1 rings (SSSR count). The van der Waals surface area contributed by atoms with E-state index in [1.54, 1.807) is 7.11 Å². The van der Waals surface area contributed by atoms with E-state index < -0.39 is 0 Å². The van der Waals surface area contributed by atoms with Gasteiger partial charge in [-0.2, -0.15) is 11.8 Å². The van der Waals surface area contributed by atoms with Crippen molar-refractivity contribution in [2.24, 2.45) is 0 Å². The van der Waals surface area contributed by atoms with Crippen LogP contribution in [-0.2, 0) is 9.53 Å². The van der Waals surface area contributed by atoms with Crippen molar-refractivity contribution < 1.29 is 9.53 Å². The van der Waals surface area contributed by atoms with Crippen LogP contribution >= 0.6 is 11.8 Å². The third-order valence-corrected chi connectivity index (χ3v) is 4.70. The molecule has 1 amide bonds. The van der Waals surface area contributed by atoms with Gasteiger partial charge >= 0.3 is 0 Å². The van der Waals surface area contributed by atoms with Crippen molar-refractivity contribution >= 4 is 17.7 Å². The average molecular weight is 260 g/mol. The predicted octanol–water partition coefficient (Wildman–Crippen LogP) is 1.01. The quantitative estimate of drug-likeness (QED) is 0.608. The number of rotatable bonds is 9. The minimum absolute atomic E-state index is 0.0803. The summed E-state index contributed by atoms with van der Waals surface area (Å²) >= 11 is 1.92. The molecule has 0 unspecified atom stereocenters. The molecule has 5 heteroatoms. The monoisotopic (exact) mass is 260 g/mol. The summed E-state index contributed by atoms with van der Waals surface area (Å²) < 4.78 is 5.32. The van der Waals surface area contributed by atoms with Crippen LogP contribution in [0.5, 0.6) is 0 Å². The highest BCUT2D eigenvalue weighted by Crippen LogP contribution is 2.41. The Balaban J connectivity index is 2.00. The topological polar surface area (TPSA) is 50.4 Å². The van der Waals surface area contributed by atoms with E-state index in [1.807, 2.05) is 11.8 Å². The SMILES string of the molecule is COCCCNC(=O)CNCC1(SC)CCC1. The summed E-state index contributed by atoms with van der Waals surface area (Å²) in [6, 6.07) is 0. The van der Waals surface area contributed by atoms with Crippen molar-refractivity contribution in [1.82, 2.24) is 10.6 Å². The Morgan fingerprint density at radius 2 is 2.24 bits per heavy atom. The molecule has 0 aromatic heterocycles. The van der Waals surface area contributed by atoms with Crippen molar-refractivity contribution in [2.75, 3.05) is 39.6 Å². The van der Waals surface area contributed by atoms with E-state index in [9.17, 15) is 4.79 Å². The molecule has 2 N–H and O–H groups in total. The molecule has 17 heavy (non-hydrogen) atoms. The van der Waals surface area contributed by atoms with E-state index in [0.29, 0.717) is 24.4 Å². The Labute approximate surface area is 108 Å². The first-order valence-corrected chi connectivity index (χ1v) is 7.46. The van der Waals surface area contributed by atoms with E-state index in [1.165, 1.54) is 19.3 Å². The van der Waals surface area contributed by atoms with Crippen LogP contribution in [0.25, 0.3) is 0 Å². The third kappa shape index (κ3) is 5.27. The summed E-state index contributed by atoms with van der Waals surface area (Å²) in [5.74, 6) is 0.0803. The first-order chi connectivity index (χ1) is 8.22. The number of nitrogens with one attached hydrogen (secondary N) is 2. The highest BCUT2D eigenvalue weighted by Gasteiger charge is 2.35. The van der Waals surface area contributed by atoms with Crippen LogP contribution in [0.4, 0.5) is 0 Å². The van der Waals surface area contributed by atoms with Crippen LogP contribution in [0.15, 0.2) is 0 Å². The van der Waals surface area contributed by atoms with Gasteiger partial charge in [0.2, 0.25) is 5.91 Å². The van der Waals surface area contributed by atoms with Crippen molar-refractivity contribution in [2.45, 2.75) is 30.4 Å². The molecule has 1 saturated carbocycles. The predicted molar refractivity (Wildman–Crippen MR) is 72.5 cm³/mol. The molecule has 4 nitrogen and oxygen atoms in total. The highest BCUT2D eigenvalue weighted by atomic mass is 32.2. The van der Waals surface area contributed by atoms with Crippen molar-refractivity contribution in [3.8, 4) is 0 Å². The molecule has 0 aromatic carbocycles. The summed E-state index contributed by atoms with van der Waals surface area (Å²) in [6.45, 7) is 2.76. The Kier molecular flexibility index (Phi) is 6.92. The van der Waals surface area contributed by atoms with Gasteiger partial charge < -0.3 is 15.4 Å². The second-order valence-electron chi connectivity index (χ2n) is 4.54. The third-order valence-electron chi connectivity index (χ3n) is 3.28. The van der Waals surface area contributed by atoms with Gasteiger partial charge in [-0.25, -0.2) is 0 Å². The summed E-state index contributed by atoms with van der Waals surface area (Å²) in [4.78, 5) is 11.5. The average Bonchev–Trinajstić information content (AvgIpc) is 2.28. The molecule has 0 aliphatic heterocycles. The van der Waals surface area contributed by atoms with Gasteiger partial charge in [0.05, 0.1) is 6.54 Å². The van der Waals surface area contributed by atoms with Crippen LogP contribution in [0.3, 0.4) is 0 Å². The fourth-order valence-corrected chi connectivity index (χ4v) is 2.88. The fraction of sp³-hybridized carbons (Fsp3) is 0.917. The number of carbonyl (C=O) groups is 1. The Morgan fingerprint density at radius 3 is 2.76 bits per heavy atom. The first kappa shape index (κ1) is 14.8. The highest BCUT2D eigenvalue weighted by molar-refractivity contribution is 8.00. The molecule has 1 aliphatic rings. The normalized spacial score (nSPS) is 17.5. The van der Waals surface area contributed by atoms with Gasteiger partial charge in [0, 0.05) is 31.6 Å². The smallest absolute Gasteiger partial charge is 0.233 e. The molecule has 0 aromatic rings. The van der Waals surface area contributed by atoms with E-state index in [2.05, 4.69) is 16.9 Å². The van der Waals surface area contributed by atoms with Crippen LogP contribution < -0.4 is 10.6 Å². The number of carbonyl (C=O) groups excluding carboxylic acids is 1. The molecular formula is C12H24N2O2S. The van der Waals surface area contributed by atoms with Gasteiger partial charge in [-0.1, -0.05) is 6.42 Å². The van der Waals surface area contributed by atoms with E-state index in [4.69, 9.17) is 4.74 Å². The molecule has 1 aliphatic carbocycles. The summed E-state index contributed by atoms with van der Waals surface area (Å²) in [6.07, 6.45) is 6.90. The lowest BCUT2D eigenvalue weighted by Crippen LogP contribution is -2.46. The molecule has 0 bridgehead atoms. The van der Waals surface area contributed by atoms with E-state index >= 15 is 0 Å². The minimum Gasteiger partial charge on any atom is -0.385 e. The fourth-order valence-electron chi connectivity index (χ4n) is 1.93. The number of hydrogen-bond donors (Lipinski definition) is 2. The maximum Gasteiger partial charge on any atom is 0.233 e. The van der Waals surface area contributed by atoms with Gasteiger partial charge in [0.15, 0.2) is 0 Å². The first-order valence-electron chi connectivity index (χ1n) is 6.24. The molecule has 100 valence electrons. The number of amides is 1. The van der Waals surface area contributed by atoms with Gasteiger partial charge in [-0.15, -0.1) is 0 Å². The van der Waals surface area contributed by atoms with Gasteiger partial charge in [0.1, 0.15) is 0 Å². The number of thioether (sulfide) groups is 1. The standard InChI is InChI=1S/C12H24N2O2S/c1-16-8-4-7-14-11(15)9-13-10-12(17-2)5-3-6-12/h13H,3-10H2,1-2H3,(H,14,15). The van der Waals surface area contributed by atoms with Crippen LogP contribution in [0.1, 0.15) is 25.7 Å². The summed E-state index contributed by atoms with van der Waals surface area (Å²) in [5.41, 5.74) is 0. The summed E-state index contributed by atoms with van der Waals surface area (Å²) in [7, 11) is 1.67. The molecule has 0 atom stereocenters. The van der Waals surface area contributed by atoms with Crippen molar-refractivity contribution in [3.63, 3.8) is 0 Å². The summed E-state index contributed by atoms with van der Waals surface area (Å²) in [5, 5.41) is 6.13. The number of hydrogen-bond acceptors (Lipinski definition) is 4. The van der Waals surface area contributed by atoms with Gasteiger partial charge in [0.25, 0.3) is 0 Å². The maximum atomic E-state index is 11.5. The van der Waals surface area contributed by atoms with Crippen LogP contribution in [0.2, 0.25) is 0 Å². The number of ether oxygens (including phenoxy) is 1. The Morgan fingerprint density at radius 1 is 1.47 bits per heavy atom. The molecule has 0 radical (unpaired) electrons. The molecular weight excluding hydrogens is 236 g/mol. The zero-order valence-corrected chi connectivity index (χ0v) is 11.7. The zero-order valence-electron chi connectivity index (χ0n) is 10.9. The Bertz CT molecular complexity index is 227. The second-order valence-corrected chi connectivity index (χ2v) is 5.81. The second kappa shape index (κ2) is 7.95. The lowest BCUT2D eigenvalue weighted by Gasteiger charge is -2.40. The van der Waals surface area contributed by atoms with Crippen molar-refractivity contribution in [1.29, 1.82) is 0 Å². The van der Waals surface area contributed by atoms with E-state index in [-0.39, 0.29) is 5.91 Å². The molecule has 0 heterocycles. The van der Waals surface area contributed by atoms with Crippen LogP contribution in [0, 0.1) is 0 Å². The number of methoxy groups -OCH3 is 1. The van der Waals surface area contributed by atoms with Gasteiger partial charge in [-0.05, 0) is 25.5 Å². The van der Waals surface area contributed by atoms with Gasteiger partial charge in [-0.3, -0.25) is 4.79 Å². The van der Waals surface area contributed by atoms with E-state index in [0.717, 1.165) is 13.0 Å². The van der Waals surface area contributed by atoms with Crippen molar-refractivity contribution in [3.05, 3.63) is 0 Å². The maximum absolute atomic E-state index is 11.5. The zero-order chi connectivity index (χ0) is 12.6. The molecule has 1 fully saturated rings. The van der Waals surface area contributed by atoms with Crippen LogP contribution in [-0.4, -0.2) is 50.3 Å².